The predicted octanol–water partition coefficient (Wildman–Crippen LogP) is 18.6. The molecule has 0 radical (unpaired) electrons. The van der Waals surface area contributed by atoms with E-state index in [1.807, 2.05) is 0 Å². The molecule has 0 aliphatic heterocycles. The topological polar surface area (TPSA) is 155 Å². The SMILES string of the molecule is CCCCC/C=C\C/C=C\CCCCCCCCCC(=O)OC(CO)COP(=O)(O)OCC(COC(=O)CCCCCCCCCCCCC)OC(=O)CCCCCCCCCCCCCCCCCCCCC. The number of hydrogen-bond donors (Lipinski definition) is 2. The minimum Gasteiger partial charge on any atom is -0.462 e. The molecule has 0 rings (SSSR count). The fourth-order valence-electron chi connectivity index (χ4n) is 9.10. The normalized spacial score (nSPS) is 13.4. The maximum absolute atomic E-state index is 12.9. The number of phosphoric ester groups is 1. The number of aliphatic hydroxyl groups is 1. The van der Waals surface area contributed by atoms with Crippen molar-refractivity contribution in [1.29, 1.82) is 0 Å². The van der Waals surface area contributed by atoms with Crippen LogP contribution in [0.5, 0.6) is 0 Å². The Labute approximate surface area is 455 Å². The van der Waals surface area contributed by atoms with Gasteiger partial charge >= 0.3 is 25.7 Å². The Morgan fingerprint density at radius 3 is 1.03 bits per heavy atom. The van der Waals surface area contributed by atoms with Crippen molar-refractivity contribution in [3.63, 3.8) is 0 Å². The minimum atomic E-state index is -4.74. The van der Waals surface area contributed by atoms with Crippen molar-refractivity contribution in [1.82, 2.24) is 0 Å². The zero-order valence-electron chi connectivity index (χ0n) is 48.3. The molecule has 74 heavy (non-hydrogen) atoms. The number of rotatable bonds is 59. The lowest BCUT2D eigenvalue weighted by atomic mass is 10.0. The van der Waals surface area contributed by atoms with Gasteiger partial charge in [-0.15, -0.1) is 0 Å². The summed E-state index contributed by atoms with van der Waals surface area (Å²) in [6, 6.07) is 0. The smallest absolute Gasteiger partial charge is 0.462 e. The number of carbonyl (C=O) groups excluding carboxylic acids is 3. The number of phosphoric acid groups is 1. The van der Waals surface area contributed by atoms with Gasteiger partial charge in [0.05, 0.1) is 19.8 Å². The van der Waals surface area contributed by atoms with Gasteiger partial charge in [0.1, 0.15) is 12.7 Å². The molecule has 0 aliphatic rings. The zero-order chi connectivity index (χ0) is 54.1. The Kier molecular flexibility index (Phi) is 55.6. The van der Waals surface area contributed by atoms with Gasteiger partial charge in [-0.2, -0.15) is 0 Å². The van der Waals surface area contributed by atoms with Crippen LogP contribution in [0.1, 0.15) is 316 Å². The molecular formula is C62H117O11P. The molecule has 11 nitrogen and oxygen atoms in total. The first-order chi connectivity index (χ1) is 36.2. The van der Waals surface area contributed by atoms with Crippen molar-refractivity contribution in [2.24, 2.45) is 0 Å². The molecule has 0 amide bonds. The van der Waals surface area contributed by atoms with Crippen LogP contribution >= 0.6 is 7.82 Å². The Hall–Kier alpha value is -2.04. The molecule has 0 aromatic heterocycles. The van der Waals surface area contributed by atoms with Gasteiger partial charge in [0.2, 0.25) is 0 Å². The van der Waals surface area contributed by atoms with Gasteiger partial charge in [-0.25, -0.2) is 4.57 Å². The van der Waals surface area contributed by atoms with Crippen LogP contribution in [0.4, 0.5) is 0 Å². The summed E-state index contributed by atoms with van der Waals surface area (Å²) in [6.45, 7) is 4.67. The molecular weight excluding hydrogens is 952 g/mol. The van der Waals surface area contributed by atoms with E-state index in [1.165, 1.54) is 180 Å². The van der Waals surface area contributed by atoms with Crippen molar-refractivity contribution in [3.05, 3.63) is 24.3 Å². The highest BCUT2D eigenvalue weighted by molar-refractivity contribution is 7.47. The highest BCUT2D eigenvalue weighted by atomic mass is 31.2. The number of esters is 3. The van der Waals surface area contributed by atoms with Gasteiger partial charge in [0.15, 0.2) is 6.10 Å². The van der Waals surface area contributed by atoms with E-state index in [0.29, 0.717) is 19.3 Å². The van der Waals surface area contributed by atoms with Crippen molar-refractivity contribution in [2.45, 2.75) is 328 Å². The Bertz CT molecular complexity index is 1340. The molecule has 12 heteroatoms. The van der Waals surface area contributed by atoms with E-state index in [-0.39, 0.29) is 25.9 Å². The first kappa shape index (κ1) is 72.0. The molecule has 0 bridgehead atoms. The van der Waals surface area contributed by atoms with Gasteiger partial charge < -0.3 is 24.2 Å². The van der Waals surface area contributed by atoms with E-state index in [2.05, 4.69) is 45.1 Å². The standard InChI is InChI=1S/C62H117O11P/c1-4-7-10-13-16-19-22-24-26-28-29-31-33-35-38-41-44-47-50-53-62(66)73-59(55-69-60(64)51-48-45-42-39-36-21-18-15-12-9-6-3)57-71-74(67,68)70-56-58(54-63)72-61(65)52-49-46-43-40-37-34-32-30-27-25-23-20-17-14-11-8-5-2/h17,20,25,27,58-59,63H,4-16,18-19,21-24,26,28-57H2,1-3H3,(H,67,68)/b20-17-,27-25-. The van der Waals surface area contributed by atoms with Crippen molar-refractivity contribution in [2.75, 3.05) is 26.4 Å². The Morgan fingerprint density at radius 1 is 0.378 bits per heavy atom. The zero-order valence-corrected chi connectivity index (χ0v) is 49.2. The van der Waals surface area contributed by atoms with E-state index < -0.39 is 57.8 Å². The van der Waals surface area contributed by atoms with E-state index in [1.54, 1.807) is 0 Å². The van der Waals surface area contributed by atoms with Crippen LogP contribution in [0.15, 0.2) is 24.3 Å². The highest BCUT2D eigenvalue weighted by Gasteiger charge is 2.28. The molecule has 0 aromatic rings. The number of ether oxygens (including phenoxy) is 3. The van der Waals surface area contributed by atoms with E-state index >= 15 is 0 Å². The highest BCUT2D eigenvalue weighted by Crippen LogP contribution is 2.43. The third-order valence-corrected chi connectivity index (χ3v) is 14.8. The Balaban J connectivity index is 4.60. The third kappa shape index (κ3) is 54.7. The fourth-order valence-corrected chi connectivity index (χ4v) is 9.88. The van der Waals surface area contributed by atoms with Gasteiger partial charge in [0, 0.05) is 19.3 Å². The van der Waals surface area contributed by atoms with E-state index in [4.69, 9.17) is 23.3 Å². The maximum Gasteiger partial charge on any atom is 0.472 e. The molecule has 0 saturated carbocycles. The number of unbranched alkanes of at least 4 members (excludes halogenated alkanes) is 38. The van der Waals surface area contributed by atoms with Crippen molar-refractivity contribution in [3.8, 4) is 0 Å². The Morgan fingerprint density at radius 2 is 0.662 bits per heavy atom. The summed E-state index contributed by atoms with van der Waals surface area (Å²) in [5.74, 6) is -1.44. The fraction of sp³-hybridized carbons (Fsp3) is 0.887. The molecule has 2 N–H and O–H groups in total. The molecule has 0 saturated heterocycles. The lowest BCUT2D eigenvalue weighted by Gasteiger charge is -2.21. The lowest BCUT2D eigenvalue weighted by Crippen LogP contribution is -2.30. The van der Waals surface area contributed by atoms with E-state index in [0.717, 1.165) is 77.0 Å². The maximum atomic E-state index is 12.9. The summed E-state index contributed by atoms with van der Waals surface area (Å²) >= 11 is 0. The largest absolute Gasteiger partial charge is 0.472 e. The van der Waals surface area contributed by atoms with Gasteiger partial charge in [-0.05, 0) is 51.4 Å². The molecule has 0 spiro atoms. The summed E-state index contributed by atoms with van der Waals surface area (Å²) in [6.07, 6.45) is 58.4. The van der Waals surface area contributed by atoms with Crippen molar-refractivity contribution < 1.29 is 52.2 Å². The number of aliphatic hydroxyl groups excluding tert-OH is 1. The minimum absolute atomic E-state index is 0.173. The summed E-state index contributed by atoms with van der Waals surface area (Å²) in [4.78, 5) is 48.6. The molecule has 0 heterocycles. The van der Waals surface area contributed by atoms with Crippen LogP contribution < -0.4 is 0 Å². The number of carbonyl (C=O) groups is 3. The van der Waals surface area contributed by atoms with Crippen molar-refractivity contribution >= 4 is 25.7 Å². The van der Waals surface area contributed by atoms with Crippen LogP contribution in [0, 0.1) is 0 Å². The van der Waals surface area contributed by atoms with Gasteiger partial charge in [0.25, 0.3) is 0 Å². The molecule has 436 valence electrons. The molecule has 0 aliphatic carbocycles. The van der Waals surface area contributed by atoms with Crippen LogP contribution in [0.25, 0.3) is 0 Å². The first-order valence-electron chi connectivity index (χ1n) is 31.2. The number of hydrogen-bond acceptors (Lipinski definition) is 10. The van der Waals surface area contributed by atoms with Gasteiger partial charge in [-0.1, -0.05) is 270 Å². The molecule has 3 unspecified atom stereocenters. The second-order valence-corrected chi connectivity index (χ2v) is 22.7. The summed E-state index contributed by atoms with van der Waals surface area (Å²) < 4.78 is 39.6. The lowest BCUT2D eigenvalue weighted by molar-refractivity contribution is -0.161. The molecule has 3 atom stereocenters. The van der Waals surface area contributed by atoms with E-state index in [9.17, 15) is 28.9 Å². The molecule has 0 aromatic carbocycles. The molecule has 0 fully saturated rings. The monoisotopic (exact) mass is 1070 g/mol. The quantitative estimate of drug-likeness (QED) is 0.0197. The first-order valence-corrected chi connectivity index (χ1v) is 32.7. The summed E-state index contributed by atoms with van der Waals surface area (Å²) in [5.41, 5.74) is 0. The average molecular weight is 1070 g/mol. The average Bonchev–Trinajstić information content (AvgIpc) is 3.39. The van der Waals surface area contributed by atoms with Crippen LogP contribution in [0.3, 0.4) is 0 Å². The number of allylic oxidation sites excluding steroid dienone is 4. The second-order valence-electron chi connectivity index (χ2n) is 21.2. The van der Waals surface area contributed by atoms with Crippen LogP contribution in [0.2, 0.25) is 0 Å². The second kappa shape index (κ2) is 57.1. The predicted molar refractivity (Wildman–Crippen MR) is 307 cm³/mol. The third-order valence-electron chi connectivity index (χ3n) is 13.9. The van der Waals surface area contributed by atoms with Crippen LogP contribution in [-0.4, -0.2) is 66.5 Å². The van der Waals surface area contributed by atoms with Gasteiger partial charge in [-0.3, -0.25) is 23.4 Å². The summed E-state index contributed by atoms with van der Waals surface area (Å²) in [7, 11) is -4.74. The summed E-state index contributed by atoms with van der Waals surface area (Å²) in [5, 5.41) is 9.83. The van der Waals surface area contributed by atoms with Crippen LogP contribution in [-0.2, 0) is 42.2 Å².